The molecule has 0 aliphatic carbocycles. The smallest absolute Gasteiger partial charge is 0.244 e. The van der Waals surface area contributed by atoms with Gasteiger partial charge in [0.1, 0.15) is 17.8 Å². The molecule has 0 atom stereocenters. The predicted molar refractivity (Wildman–Crippen MR) is 62.7 cm³/mol. The fourth-order valence-corrected chi connectivity index (χ4v) is 1.71. The van der Waals surface area contributed by atoms with E-state index in [1.54, 1.807) is 24.9 Å². The molecule has 7 nitrogen and oxygen atoms in total. The molecule has 1 amide bonds. The van der Waals surface area contributed by atoms with Gasteiger partial charge in [0.05, 0.1) is 19.4 Å². The van der Waals surface area contributed by atoms with Crippen molar-refractivity contribution in [2.45, 2.75) is 26.0 Å². The fraction of sp³-hybridized carbons (Fsp3) is 0.727. The van der Waals surface area contributed by atoms with Crippen molar-refractivity contribution in [3.8, 4) is 0 Å². The SMILES string of the molecule is CC(C)(O)c1cn(CC(=O)N2CCOCC2)nn1. The number of aliphatic hydroxyl groups is 1. The molecular formula is C11H18N4O3. The van der Waals surface area contributed by atoms with E-state index in [9.17, 15) is 9.90 Å². The van der Waals surface area contributed by atoms with Crippen molar-refractivity contribution in [3.05, 3.63) is 11.9 Å². The second-order valence-electron chi connectivity index (χ2n) is 4.85. The van der Waals surface area contributed by atoms with Gasteiger partial charge >= 0.3 is 0 Å². The lowest BCUT2D eigenvalue weighted by Gasteiger charge is -2.26. The Bertz CT molecular complexity index is 418. The minimum atomic E-state index is -1.04. The van der Waals surface area contributed by atoms with Crippen molar-refractivity contribution in [2.24, 2.45) is 0 Å². The third-order valence-electron chi connectivity index (χ3n) is 2.83. The highest BCUT2D eigenvalue weighted by atomic mass is 16.5. The van der Waals surface area contributed by atoms with E-state index in [1.165, 1.54) is 4.68 Å². The Morgan fingerprint density at radius 1 is 1.50 bits per heavy atom. The lowest BCUT2D eigenvalue weighted by atomic mass is 10.1. The Labute approximate surface area is 105 Å². The van der Waals surface area contributed by atoms with Gasteiger partial charge in [0, 0.05) is 13.1 Å². The summed E-state index contributed by atoms with van der Waals surface area (Å²) in [4.78, 5) is 13.7. The van der Waals surface area contributed by atoms with Crippen molar-refractivity contribution >= 4 is 5.91 Å². The van der Waals surface area contributed by atoms with E-state index in [2.05, 4.69) is 10.3 Å². The molecule has 1 aliphatic rings. The van der Waals surface area contributed by atoms with E-state index < -0.39 is 5.60 Å². The maximum atomic E-state index is 11.9. The molecule has 100 valence electrons. The summed E-state index contributed by atoms with van der Waals surface area (Å²) in [5.41, 5.74) is -0.586. The molecule has 0 unspecified atom stereocenters. The van der Waals surface area contributed by atoms with Crippen LogP contribution in [0.25, 0.3) is 0 Å². The second-order valence-corrected chi connectivity index (χ2v) is 4.85. The molecule has 2 rings (SSSR count). The maximum absolute atomic E-state index is 11.9. The van der Waals surface area contributed by atoms with Gasteiger partial charge in [-0.2, -0.15) is 0 Å². The van der Waals surface area contributed by atoms with Crippen molar-refractivity contribution < 1.29 is 14.6 Å². The number of carbonyl (C=O) groups is 1. The van der Waals surface area contributed by atoms with Crippen LogP contribution >= 0.6 is 0 Å². The summed E-state index contributed by atoms with van der Waals surface area (Å²) in [6.45, 7) is 5.80. The zero-order valence-electron chi connectivity index (χ0n) is 10.7. The van der Waals surface area contributed by atoms with Crippen LogP contribution < -0.4 is 0 Å². The molecule has 1 fully saturated rings. The molecule has 0 spiro atoms. The topological polar surface area (TPSA) is 80.5 Å². The third-order valence-corrected chi connectivity index (χ3v) is 2.83. The highest BCUT2D eigenvalue weighted by Gasteiger charge is 2.22. The van der Waals surface area contributed by atoms with Gasteiger partial charge in [0.25, 0.3) is 0 Å². The highest BCUT2D eigenvalue weighted by molar-refractivity contribution is 5.75. The summed E-state index contributed by atoms with van der Waals surface area (Å²) in [6, 6.07) is 0. The van der Waals surface area contributed by atoms with Gasteiger partial charge in [-0.05, 0) is 13.8 Å². The van der Waals surface area contributed by atoms with Gasteiger partial charge in [-0.15, -0.1) is 5.10 Å². The summed E-state index contributed by atoms with van der Waals surface area (Å²) in [7, 11) is 0. The Morgan fingerprint density at radius 2 is 2.17 bits per heavy atom. The van der Waals surface area contributed by atoms with E-state index in [1.807, 2.05) is 0 Å². The molecule has 1 saturated heterocycles. The highest BCUT2D eigenvalue weighted by Crippen LogP contribution is 2.15. The lowest BCUT2D eigenvalue weighted by Crippen LogP contribution is -2.42. The average molecular weight is 254 g/mol. The normalized spacial score (nSPS) is 16.9. The minimum absolute atomic E-state index is 0.00880. The molecule has 1 N–H and O–H groups in total. The number of hydrogen-bond acceptors (Lipinski definition) is 5. The molecular weight excluding hydrogens is 236 g/mol. The standard InChI is InChI=1S/C11H18N4O3/c1-11(2,17)9-7-15(13-12-9)8-10(16)14-3-5-18-6-4-14/h7,17H,3-6,8H2,1-2H3. The molecule has 7 heteroatoms. The summed E-state index contributed by atoms with van der Waals surface area (Å²) in [6.07, 6.45) is 1.60. The number of hydrogen-bond donors (Lipinski definition) is 1. The number of ether oxygens (including phenoxy) is 1. The molecule has 1 aromatic rings. The van der Waals surface area contributed by atoms with E-state index in [4.69, 9.17) is 4.74 Å². The summed E-state index contributed by atoms with van der Waals surface area (Å²) < 4.78 is 6.64. The Balaban J connectivity index is 1.96. The van der Waals surface area contributed by atoms with Crippen LogP contribution in [0.2, 0.25) is 0 Å². The average Bonchev–Trinajstić information content (AvgIpc) is 2.78. The van der Waals surface area contributed by atoms with Gasteiger partial charge in [0.2, 0.25) is 5.91 Å². The predicted octanol–water partition coefficient (Wildman–Crippen LogP) is -0.636. The Kier molecular flexibility index (Phi) is 3.63. The zero-order valence-corrected chi connectivity index (χ0v) is 10.7. The molecule has 0 saturated carbocycles. The summed E-state index contributed by atoms with van der Waals surface area (Å²) in [5.74, 6) is -0.00880. The number of carbonyl (C=O) groups excluding carboxylic acids is 1. The van der Waals surface area contributed by atoms with Crippen LogP contribution in [0.4, 0.5) is 0 Å². The van der Waals surface area contributed by atoms with Crippen LogP contribution in [0.3, 0.4) is 0 Å². The van der Waals surface area contributed by atoms with Gasteiger partial charge < -0.3 is 14.7 Å². The van der Waals surface area contributed by atoms with Gasteiger partial charge in [0.15, 0.2) is 0 Å². The Morgan fingerprint density at radius 3 is 2.72 bits per heavy atom. The van der Waals surface area contributed by atoms with E-state index >= 15 is 0 Å². The number of nitrogens with zero attached hydrogens (tertiary/aromatic N) is 4. The van der Waals surface area contributed by atoms with Gasteiger partial charge in [-0.3, -0.25) is 4.79 Å². The molecule has 0 radical (unpaired) electrons. The first-order chi connectivity index (χ1) is 8.47. The van der Waals surface area contributed by atoms with Crippen LogP contribution in [0.5, 0.6) is 0 Å². The van der Waals surface area contributed by atoms with Crippen molar-refractivity contribution in [1.82, 2.24) is 19.9 Å². The number of amides is 1. The molecule has 0 aromatic carbocycles. The fourth-order valence-electron chi connectivity index (χ4n) is 1.71. The van der Waals surface area contributed by atoms with Gasteiger partial charge in [-0.25, -0.2) is 4.68 Å². The molecule has 1 aromatic heterocycles. The van der Waals surface area contributed by atoms with E-state index in [0.29, 0.717) is 32.0 Å². The van der Waals surface area contributed by atoms with Crippen LogP contribution in [-0.4, -0.2) is 57.2 Å². The first kappa shape index (κ1) is 13.0. The van der Waals surface area contributed by atoms with Crippen molar-refractivity contribution in [2.75, 3.05) is 26.3 Å². The summed E-state index contributed by atoms with van der Waals surface area (Å²) in [5, 5.41) is 17.5. The Hall–Kier alpha value is -1.47. The van der Waals surface area contributed by atoms with Crippen LogP contribution in [0.1, 0.15) is 19.5 Å². The molecule has 2 heterocycles. The van der Waals surface area contributed by atoms with Gasteiger partial charge in [-0.1, -0.05) is 5.21 Å². The van der Waals surface area contributed by atoms with Crippen LogP contribution in [0.15, 0.2) is 6.20 Å². The van der Waals surface area contributed by atoms with Crippen molar-refractivity contribution in [3.63, 3.8) is 0 Å². The summed E-state index contributed by atoms with van der Waals surface area (Å²) >= 11 is 0. The first-order valence-electron chi connectivity index (χ1n) is 5.95. The zero-order chi connectivity index (χ0) is 13.2. The molecule has 18 heavy (non-hydrogen) atoms. The minimum Gasteiger partial charge on any atom is -0.384 e. The van der Waals surface area contributed by atoms with Crippen LogP contribution in [-0.2, 0) is 21.7 Å². The largest absolute Gasteiger partial charge is 0.384 e. The van der Waals surface area contributed by atoms with Crippen molar-refractivity contribution in [1.29, 1.82) is 0 Å². The maximum Gasteiger partial charge on any atom is 0.244 e. The third kappa shape index (κ3) is 3.05. The second kappa shape index (κ2) is 5.03. The van der Waals surface area contributed by atoms with E-state index in [0.717, 1.165) is 0 Å². The lowest BCUT2D eigenvalue weighted by molar-refractivity contribution is -0.136. The number of morpholine rings is 1. The first-order valence-corrected chi connectivity index (χ1v) is 5.95. The van der Waals surface area contributed by atoms with Crippen LogP contribution in [0, 0.1) is 0 Å². The molecule has 0 bridgehead atoms. The number of rotatable bonds is 3. The van der Waals surface area contributed by atoms with E-state index in [-0.39, 0.29) is 12.5 Å². The monoisotopic (exact) mass is 254 g/mol. The quantitative estimate of drug-likeness (QED) is 0.776. The molecule has 1 aliphatic heterocycles. The number of aromatic nitrogens is 3.